The molecule has 1 aromatic rings. The first-order valence-electron chi connectivity index (χ1n) is 4.26. The van der Waals surface area contributed by atoms with E-state index < -0.39 is 0 Å². The minimum Gasteiger partial charge on any atom is -0.330 e. The summed E-state index contributed by atoms with van der Waals surface area (Å²) in [5, 5.41) is -0.175. The van der Waals surface area contributed by atoms with Crippen molar-refractivity contribution in [3.63, 3.8) is 0 Å². The lowest BCUT2D eigenvalue weighted by Gasteiger charge is -2.17. The highest BCUT2D eigenvalue weighted by atomic mass is 32.1. The van der Waals surface area contributed by atoms with Crippen LogP contribution in [0.5, 0.6) is 0 Å². The number of benzene rings is 1. The van der Waals surface area contributed by atoms with Crippen LogP contribution in [0, 0.1) is 0 Å². The predicted octanol–water partition coefficient (Wildman–Crippen LogP) is 2.56. The molecule has 0 saturated carbocycles. The number of rotatable bonds is 3. The molecule has 0 N–H and O–H groups in total. The molecule has 2 nitrogen and oxygen atoms in total. The molecule has 0 aliphatic heterocycles. The van der Waals surface area contributed by atoms with Crippen LogP contribution in [0.15, 0.2) is 30.3 Å². The molecule has 1 amide bonds. The average molecular weight is 195 g/mol. The monoisotopic (exact) mass is 195 g/mol. The summed E-state index contributed by atoms with van der Waals surface area (Å²) in [5.74, 6) is 0. The number of thiol groups is 1. The van der Waals surface area contributed by atoms with Gasteiger partial charge in [-0.1, -0.05) is 43.0 Å². The molecule has 0 heterocycles. The van der Waals surface area contributed by atoms with Gasteiger partial charge in [0.05, 0.1) is 0 Å². The van der Waals surface area contributed by atoms with Crippen LogP contribution in [-0.4, -0.2) is 16.7 Å². The largest absolute Gasteiger partial charge is 0.330 e. The van der Waals surface area contributed by atoms with Crippen molar-refractivity contribution in [2.24, 2.45) is 0 Å². The number of amides is 1. The molecule has 0 saturated heterocycles. The summed E-state index contributed by atoms with van der Waals surface area (Å²) in [5.41, 5.74) is 1.13. The Hall–Kier alpha value is -0.960. The molecule has 0 radical (unpaired) electrons. The third-order valence-corrected chi connectivity index (χ3v) is 2.15. The number of hydrogen-bond donors (Lipinski definition) is 1. The van der Waals surface area contributed by atoms with Crippen molar-refractivity contribution in [2.75, 3.05) is 6.54 Å². The number of carbonyl (C=O) groups is 1. The summed E-state index contributed by atoms with van der Waals surface area (Å²) in [6, 6.07) is 9.89. The summed E-state index contributed by atoms with van der Waals surface area (Å²) in [6.45, 7) is 3.27. The minimum absolute atomic E-state index is 0.175. The van der Waals surface area contributed by atoms with Gasteiger partial charge in [0.15, 0.2) is 0 Å². The van der Waals surface area contributed by atoms with Gasteiger partial charge in [-0.2, -0.15) is 0 Å². The summed E-state index contributed by atoms with van der Waals surface area (Å²) < 4.78 is 0. The Morgan fingerprint density at radius 3 is 2.46 bits per heavy atom. The van der Waals surface area contributed by atoms with E-state index >= 15 is 0 Å². The van der Waals surface area contributed by atoms with Crippen molar-refractivity contribution in [1.29, 1.82) is 0 Å². The maximum Gasteiger partial charge on any atom is 0.278 e. The Morgan fingerprint density at radius 2 is 2.00 bits per heavy atom. The van der Waals surface area contributed by atoms with Crippen molar-refractivity contribution in [3.8, 4) is 0 Å². The van der Waals surface area contributed by atoms with E-state index in [0.29, 0.717) is 13.1 Å². The van der Waals surface area contributed by atoms with Crippen molar-refractivity contribution < 1.29 is 4.79 Å². The fourth-order valence-electron chi connectivity index (χ4n) is 1.12. The zero-order valence-corrected chi connectivity index (χ0v) is 8.50. The first-order valence-corrected chi connectivity index (χ1v) is 4.70. The van der Waals surface area contributed by atoms with Gasteiger partial charge in [0.1, 0.15) is 0 Å². The fraction of sp³-hybridized carbons (Fsp3) is 0.300. The topological polar surface area (TPSA) is 20.3 Å². The molecular formula is C10H13NOS. The van der Waals surface area contributed by atoms with Gasteiger partial charge < -0.3 is 4.90 Å². The van der Waals surface area contributed by atoms with Crippen molar-refractivity contribution in [1.82, 2.24) is 4.90 Å². The average Bonchev–Trinajstić information content (AvgIpc) is 2.15. The molecule has 0 unspecified atom stereocenters. The number of hydrogen-bond acceptors (Lipinski definition) is 1. The molecule has 1 rings (SSSR count). The molecule has 1 aromatic carbocycles. The van der Waals surface area contributed by atoms with Crippen molar-refractivity contribution in [2.45, 2.75) is 13.5 Å². The van der Waals surface area contributed by atoms with Crippen LogP contribution in [0.4, 0.5) is 4.79 Å². The third-order valence-electron chi connectivity index (χ3n) is 1.87. The van der Waals surface area contributed by atoms with Gasteiger partial charge in [-0.3, -0.25) is 4.79 Å². The SMILES string of the molecule is CCN(Cc1ccccc1)C(=O)S. The van der Waals surface area contributed by atoms with Gasteiger partial charge in [-0.25, -0.2) is 0 Å². The van der Waals surface area contributed by atoms with Crippen LogP contribution >= 0.6 is 12.6 Å². The van der Waals surface area contributed by atoms with Crippen LogP contribution < -0.4 is 0 Å². The fourth-order valence-corrected chi connectivity index (χ4v) is 1.33. The van der Waals surface area contributed by atoms with E-state index in [4.69, 9.17) is 0 Å². The first kappa shape index (κ1) is 10.1. The molecule has 0 fully saturated rings. The summed E-state index contributed by atoms with van der Waals surface area (Å²) in [6.07, 6.45) is 0. The molecule has 0 spiro atoms. The Kier molecular flexibility index (Phi) is 3.83. The minimum atomic E-state index is -0.175. The van der Waals surface area contributed by atoms with Crippen molar-refractivity contribution in [3.05, 3.63) is 35.9 Å². The third kappa shape index (κ3) is 3.11. The van der Waals surface area contributed by atoms with Crippen LogP contribution in [0.25, 0.3) is 0 Å². The standard InChI is InChI=1S/C10H13NOS/c1-2-11(10(12)13)8-9-6-4-3-5-7-9/h3-7H,2,8H2,1H3,(H,12,13). The maximum atomic E-state index is 11.0. The maximum absolute atomic E-state index is 11.0. The smallest absolute Gasteiger partial charge is 0.278 e. The van der Waals surface area contributed by atoms with Gasteiger partial charge in [-0.15, -0.1) is 0 Å². The van der Waals surface area contributed by atoms with Crippen LogP contribution in [0.1, 0.15) is 12.5 Å². The molecule has 70 valence electrons. The van der Waals surface area contributed by atoms with Crippen LogP contribution in [0.2, 0.25) is 0 Å². The lowest BCUT2D eigenvalue weighted by molar-refractivity contribution is 0.224. The Balaban J connectivity index is 2.62. The Labute approximate surface area is 84.0 Å². The normalized spacial score (nSPS) is 9.69. The second kappa shape index (κ2) is 4.92. The second-order valence-electron chi connectivity index (χ2n) is 2.78. The second-order valence-corrected chi connectivity index (χ2v) is 3.16. The highest BCUT2D eigenvalue weighted by Gasteiger charge is 2.06. The van der Waals surface area contributed by atoms with E-state index in [1.54, 1.807) is 4.90 Å². The quantitative estimate of drug-likeness (QED) is 0.735. The summed E-state index contributed by atoms with van der Waals surface area (Å²) in [7, 11) is 0. The van der Waals surface area contributed by atoms with Gasteiger partial charge in [0, 0.05) is 13.1 Å². The number of carbonyl (C=O) groups excluding carboxylic acids is 1. The van der Waals surface area contributed by atoms with Gasteiger partial charge in [-0.05, 0) is 12.5 Å². The van der Waals surface area contributed by atoms with E-state index in [9.17, 15) is 4.79 Å². The van der Waals surface area contributed by atoms with E-state index in [2.05, 4.69) is 12.6 Å². The molecule has 3 heteroatoms. The predicted molar refractivity (Wildman–Crippen MR) is 56.9 cm³/mol. The lowest BCUT2D eigenvalue weighted by atomic mass is 10.2. The summed E-state index contributed by atoms with van der Waals surface area (Å²) in [4.78, 5) is 12.6. The Morgan fingerprint density at radius 1 is 1.38 bits per heavy atom. The van der Waals surface area contributed by atoms with Crippen molar-refractivity contribution >= 4 is 17.9 Å². The molecule has 0 aliphatic carbocycles. The van der Waals surface area contributed by atoms with E-state index in [-0.39, 0.29) is 5.24 Å². The highest BCUT2D eigenvalue weighted by Crippen LogP contribution is 2.05. The highest BCUT2D eigenvalue weighted by molar-refractivity contribution is 7.96. The zero-order chi connectivity index (χ0) is 9.68. The van der Waals surface area contributed by atoms with Crippen LogP contribution in [-0.2, 0) is 6.54 Å². The van der Waals surface area contributed by atoms with Crippen LogP contribution in [0.3, 0.4) is 0 Å². The van der Waals surface area contributed by atoms with E-state index in [1.807, 2.05) is 37.3 Å². The van der Waals surface area contributed by atoms with Gasteiger partial charge in [0.2, 0.25) is 0 Å². The zero-order valence-electron chi connectivity index (χ0n) is 7.60. The van der Waals surface area contributed by atoms with E-state index in [1.165, 1.54) is 0 Å². The van der Waals surface area contributed by atoms with E-state index in [0.717, 1.165) is 5.56 Å². The molecule has 0 atom stereocenters. The number of nitrogens with zero attached hydrogens (tertiary/aromatic N) is 1. The molecule has 0 aliphatic rings. The molecule has 0 aromatic heterocycles. The van der Waals surface area contributed by atoms with Gasteiger partial charge >= 0.3 is 0 Å². The summed E-state index contributed by atoms with van der Waals surface area (Å²) >= 11 is 3.79. The first-order chi connectivity index (χ1) is 6.24. The van der Waals surface area contributed by atoms with Gasteiger partial charge in [0.25, 0.3) is 5.24 Å². The molecule has 13 heavy (non-hydrogen) atoms. The lowest BCUT2D eigenvalue weighted by Crippen LogP contribution is -2.25. The Bertz CT molecular complexity index is 274. The molecular weight excluding hydrogens is 182 g/mol. The molecule has 0 bridgehead atoms.